The third kappa shape index (κ3) is 5.23. The van der Waals surface area contributed by atoms with Crippen LogP contribution in [0.1, 0.15) is 52.6 Å². The minimum absolute atomic E-state index is 0.211. The van der Waals surface area contributed by atoms with Crippen molar-refractivity contribution < 1.29 is 19.0 Å². The number of nitrogens with zero attached hydrogens (tertiary/aromatic N) is 6. The fraction of sp³-hybridized carbons (Fsp3) is 0.375. The summed E-state index contributed by atoms with van der Waals surface area (Å²) >= 11 is 0. The van der Waals surface area contributed by atoms with Gasteiger partial charge in [0.1, 0.15) is 18.7 Å². The molecule has 4 aromatic heterocycles. The number of fused-ring (bicyclic) bond motifs is 2. The number of rotatable bonds is 10. The van der Waals surface area contributed by atoms with Gasteiger partial charge in [-0.25, -0.2) is 14.5 Å². The van der Waals surface area contributed by atoms with Crippen LogP contribution in [0.4, 0.5) is 0 Å². The number of hydrogen-bond donors (Lipinski definition) is 0. The Morgan fingerprint density at radius 1 is 1.02 bits per heavy atom. The molecule has 2 aliphatic rings. The zero-order chi connectivity index (χ0) is 28.5. The molecule has 2 fully saturated rings. The van der Waals surface area contributed by atoms with Crippen molar-refractivity contribution in [3.63, 3.8) is 0 Å². The summed E-state index contributed by atoms with van der Waals surface area (Å²) in [4.78, 5) is 23.7. The third-order valence-electron chi connectivity index (χ3n) is 8.48. The van der Waals surface area contributed by atoms with Crippen molar-refractivity contribution in [3.05, 3.63) is 83.4 Å². The lowest BCUT2D eigenvalue weighted by atomic mass is 9.93. The Hall–Kier alpha value is -4.28. The summed E-state index contributed by atoms with van der Waals surface area (Å²) in [6, 6.07) is 17.6. The number of aldehydes is 1. The van der Waals surface area contributed by atoms with Gasteiger partial charge in [-0.2, -0.15) is 5.10 Å². The SMILES string of the molecule is COc1ccc(COc2cccc(C3CCN(Cc4nc5ccc(C=O)cc5n4CC4CCO4)CC3)n2)c2ccnn12. The normalized spacial score (nSPS) is 17.9. The van der Waals surface area contributed by atoms with Crippen LogP contribution in [0.15, 0.2) is 60.8 Å². The molecule has 1 aromatic carbocycles. The number of pyridine rings is 2. The molecule has 2 saturated heterocycles. The Kier molecular flexibility index (Phi) is 7.31. The van der Waals surface area contributed by atoms with Crippen molar-refractivity contribution in [1.29, 1.82) is 0 Å². The highest BCUT2D eigenvalue weighted by molar-refractivity contribution is 5.85. The van der Waals surface area contributed by atoms with E-state index in [9.17, 15) is 4.79 Å². The topological polar surface area (TPSA) is 96.0 Å². The van der Waals surface area contributed by atoms with Gasteiger partial charge in [-0.1, -0.05) is 6.07 Å². The minimum atomic E-state index is 0.211. The Balaban J connectivity index is 1.00. The maximum absolute atomic E-state index is 11.4. The van der Waals surface area contributed by atoms with Crippen molar-refractivity contribution >= 4 is 22.8 Å². The van der Waals surface area contributed by atoms with Crippen LogP contribution in [0.5, 0.6) is 11.8 Å². The van der Waals surface area contributed by atoms with Gasteiger partial charge in [0, 0.05) is 41.5 Å². The van der Waals surface area contributed by atoms with Crippen LogP contribution in [0.3, 0.4) is 0 Å². The first kappa shape index (κ1) is 26.6. The van der Waals surface area contributed by atoms with Crippen LogP contribution < -0.4 is 9.47 Å². The van der Waals surface area contributed by atoms with Crippen LogP contribution in [-0.2, 0) is 24.4 Å². The largest absolute Gasteiger partial charge is 0.481 e. The summed E-state index contributed by atoms with van der Waals surface area (Å²) in [5, 5.41) is 4.35. The number of carbonyl (C=O) groups excluding carboxylic acids is 1. The molecule has 7 rings (SSSR count). The summed E-state index contributed by atoms with van der Waals surface area (Å²) in [7, 11) is 1.64. The molecular weight excluding hydrogens is 532 g/mol. The predicted molar refractivity (Wildman–Crippen MR) is 157 cm³/mol. The molecule has 1 unspecified atom stereocenters. The quantitative estimate of drug-likeness (QED) is 0.226. The molecular formula is C32H34N6O4. The van der Waals surface area contributed by atoms with Crippen molar-refractivity contribution in [2.24, 2.45) is 0 Å². The number of imidazole rings is 1. The van der Waals surface area contributed by atoms with Gasteiger partial charge in [0.2, 0.25) is 11.8 Å². The van der Waals surface area contributed by atoms with Gasteiger partial charge in [-0.05, 0) is 68.8 Å². The molecule has 42 heavy (non-hydrogen) atoms. The number of carbonyl (C=O) groups is 1. The second-order valence-electron chi connectivity index (χ2n) is 11.1. The van der Waals surface area contributed by atoms with E-state index in [0.29, 0.717) is 29.8 Å². The third-order valence-corrected chi connectivity index (χ3v) is 8.48. The van der Waals surface area contributed by atoms with Crippen molar-refractivity contribution in [2.45, 2.75) is 51.0 Å². The Bertz CT molecular complexity index is 1720. The highest BCUT2D eigenvalue weighted by Gasteiger charge is 2.26. The Labute approximate surface area is 243 Å². The Morgan fingerprint density at radius 3 is 2.69 bits per heavy atom. The van der Waals surface area contributed by atoms with E-state index in [0.717, 1.165) is 92.0 Å². The molecule has 0 saturated carbocycles. The molecule has 0 amide bonds. The molecule has 6 heterocycles. The Morgan fingerprint density at radius 2 is 1.90 bits per heavy atom. The fourth-order valence-electron chi connectivity index (χ4n) is 6.02. The summed E-state index contributed by atoms with van der Waals surface area (Å²) < 4.78 is 21.3. The van der Waals surface area contributed by atoms with Gasteiger partial charge in [-0.15, -0.1) is 0 Å². The smallest absolute Gasteiger partial charge is 0.214 e. The summed E-state index contributed by atoms with van der Waals surface area (Å²) in [5.41, 5.74) is 5.65. The first-order valence-electron chi connectivity index (χ1n) is 14.6. The molecule has 10 nitrogen and oxygen atoms in total. The van der Waals surface area contributed by atoms with Gasteiger partial charge in [0.25, 0.3) is 0 Å². The summed E-state index contributed by atoms with van der Waals surface area (Å²) in [5.74, 6) is 2.72. The van der Waals surface area contributed by atoms with E-state index in [4.69, 9.17) is 24.2 Å². The van der Waals surface area contributed by atoms with Crippen LogP contribution in [0, 0.1) is 0 Å². The molecule has 0 radical (unpaired) electrons. The molecule has 216 valence electrons. The predicted octanol–water partition coefficient (Wildman–Crippen LogP) is 4.65. The highest BCUT2D eigenvalue weighted by Crippen LogP contribution is 2.30. The number of piperidine rings is 1. The molecule has 0 aliphatic carbocycles. The van der Waals surface area contributed by atoms with Crippen LogP contribution >= 0.6 is 0 Å². The number of methoxy groups -OCH3 is 1. The summed E-state index contributed by atoms with van der Waals surface area (Å²) in [6.45, 7) is 4.68. The summed E-state index contributed by atoms with van der Waals surface area (Å²) in [6.07, 6.45) is 5.96. The number of likely N-dealkylation sites (tertiary alicyclic amines) is 1. The minimum Gasteiger partial charge on any atom is -0.481 e. The number of ether oxygens (including phenoxy) is 3. The maximum atomic E-state index is 11.4. The average Bonchev–Trinajstić information content (AvgIpc) is 3.63. The van der Waals surface area contributed by atoms with E-state index >= 15 is 0 Å². The van der Waals surface area contributed by atoms with E-state index < -0.39 is 0 Å². The van der Waals surface area contributed by atoms with Gasteiger partial charge in [-0.3, -0.25) is 9.69 Å². The lowest BCUT2D eigenvalue weighted by molar-refractivity contribution is -0.0592. The van der Waals surface area contributed by atoms with Gasteiger partial charge in [0.05, 0.1) is 49.1 Å². The molecule has 1 atom stereocenters. The zero-order valence-corrected chi connectivity index (χ0v) is 23.7. The first-order chi connectivity index (χ1) is 20.7. The monoisotopic (exact) mass is 566 g/mol. The van der Waals surface area contributed by atoms with Gasteiger partial charge >= 0.3 is 0 Å². The lowest BCUT2D eigenvalue weighted by Gasteiger charge is -2.32. The van der Waals surface area contributed by atoms with Crippen molar-refractivity contribution in [2.75, 3.05) is 26.8 Å². The van der Waals surface area contributed by atoms with Gasteiger partial charge < -0.3 is 18.8 Å². The standard InChI is InChI=1S/C32H34N6O4/c1-40-32-8-6-24(28-9-13-33-38(28)32)21-42-31-4-2-3-26(35-31)23-10-14-36(15-11-23)19-30-34-27-7-5-22(20-39)17-29(27)37(30)18-25-12-16-41-25/h2-9,13,17,20,23,25H,10-12,14-16,18-19,21H2,1H3. The highest BCUT2D eigenvalue weighted by atomic mass is 16.5. The van der Waals surface area contributed by atoms with E-state index in [1.54, 1.807) is 17.8 Å². The number of aromatic nitrogens is 5. The van der Waals surface area contributed by atoms with Crippen LogP contribution in [0.25, 0.3) is 16.6 Å². The second kappa shape index (κ2) is 11.5. The number of benzene rings is 1. The van der Waals surface area contributed by atoms with E-state index in [1.807, 2.05) is 48.5 Å². The molecule has 2 aliphatic heterocycles. The maximum Gasteiger partial charge on any atom is 0.214 e. The van der Waals surface area contributed by atoms with Gasteiger partial charge in [0.15, 0.2) is 0 Å². The second-order valence-corrected chi connectivity index (χ2v) is 11.1. The molecule has 10 heteroatoms. The van der Waals surface area contributed by atoms with Crippen LogP contribution in [-0.4, -0.2) is 68.2 Å². The number of hydrogen-bond acceptors (Lipinski definition) is 8. The van der Waals surface area contributed by atoms with Crippen molar-refractivity contribution in [1.82, 2.24) is 29.0 Å². The molecule has 0 spiro atoms. The fourth-order valence-corrected chi connectivity index (χ4v) is 6.02. The van der Waals surface area contributed by atoms with Crippen molar-refractivity contribution in [3.8, 4) is 11.8 Å². The molecule has 0 bridgehead atoms. The van der Waals surface area contributed by atoms with E-state index in [-0.39, 0.29) is 6.10 Å². The first-order valence-corrected chi connectivity index (χ1v) is 14.6. The average molecular weight is 567 g/mol. The van der Waals surface area contributed by atoms with E-state index in [1.165, 1.54) is 0 Å². The lowest BCUT2D eigenvalue weighted by Crippen LogP contribution is -2.35. The van der Waals surface area contributed by atoms with Crippen LogP contribution in [0.2, 0.25) is 0 Å². The zero-order valence-electron chi connectivity index (χ0n) is 23.7. The van der Waals surface area contributed by atoms with E-state index in [2.05, 4.69) is 20.6 Å². The molecule has 5 aromatic rings. The molecule has 0 N–H and O–H groups in total.